The van der Waals surface area contributed by atoms with Gasteiger partial charge in [-0.1, -0.05) is 12.1 Å². The van der Waals surface area contributed by atoms with Gasteiger partial charge in [-0.25, -0.2) is 8.42 Å². The molecule has 9 heteroatoms. The molecule has 0 atom stereocenters. The van der Waals surface area contributed by atoms with E-state index in [1.807, 2.05) is 0 Å². The molecule has 25 heavy (non-hydrogen) atoms. The van der Waals surface area contributed by atoms with E-state index < -0.39 is 26.4 Å². The molecule has 2 aromatic rings. The second-order valence-corrected chi connectivity index (χ2v) is 6.74. The van der Waals surface area contributed by atoms with Crippen molar-refractivity contribution in [3.63, 3.8) is 0 Å². The van der Waals surface area contributed by atoms with Crippen molar-refractivity contribution in [3.05, 3.63) is 48.5 Å². The molecule has 0 radical (unpaired) electrons. The van der Waals surface area contributed by atoms with E-state index in [0.717, 1.165) is 12.1 Å². The van der Waals surface area contributed by atoms with Crippen LogP contribution in [0.5, 0.6) is 11.5 Å². The standard InChI is InChI=1S/C16H15F2NO5S/c1-23-13-4-2-3-5-14(13)24-10-15(20)19-11-6-8-12(9-7-11)25(21,22)16(17)18/h2-9,16H,10H2,1H3,(H,19,20). The summed E-state index contributed by atoms with van der Waals surface area (Å²) < 4.78 is 58.0. The second kappa shape index (κ2) is 7.93. The molecule has 0 saturated carbocycles. The fourth-order valence-electron chi connectivity index (χ4n) is 1.91. The third-order valence-electron chi connectivity index (χ3n) is 3.13. The van der Waals surface area contributed by atoms with E-state index >= 15 is 0 Å². The molecule has 0 bridgehead atoms. The highest BCUT2D eigenvalue weighted by molar-refractivity contribution is 7.91. The summed E-state index contributed by atoms with van der Waals surface area (Å²) in [4.78, 5) is 11.3. The number of ether oxygens (including phenoxy) is 2. The highest BCUT2D eigenvalue weighted by atomic mass is 32.2. The predicted molar refractivity (Wildman–Crippen MR) is 86.8 cm³/mol. The summed E-state index contributed by atoms with van der Waals surface area (Å²) in [7, 11) is -3.19. The number of benzene rings is 2. The lowest BCUT2D eigenvalue weighted by molar-refractivity contribution is -0.118. The first-order valence-electron chi connectivity index (χ1n) is 7.02. The summed E-state index contributed by atoms with van der Waals surface area (Å²) >= 11 is 0. The SMILES string of the molecule is COc1ccccc1OCC(=O)Nc1ccc(S(=O)(=O)C(F)F)cc1. The van der Waals surface area contributed by atoms with Crippen molar-refractivity contribution in [3.8, 4) is 11.5 Å². The molecule has 134 valence electrons. The number of rotatable bonds is 7. The Morgan fingerprint density at radius 1 is 1.08 bits per heavy atom. The molecule has 0 aliphatic carbocycles. The molecule has 1 amide bonds. The number of nitrogens with one attached hydrogen (secondary N) is 1. The molecule has 6 nitrogen and oxygen atoms in total. The Balaban J connectivity index is 1.97. The molecule has 2 rings (SSSR count). The quantitative estimate of drug-likeness (QED) is 0.809. The molecule has 0 saturated heterocycles. The highest BCUT2D eigenvalue weighted by Gasteiger charge is 2.26. The molecule has 1 N–H and O–H groups in total. The topological polar surface area (TPSA) is 81.7 Å². The lowest BCUT2D eigenvalue weighted by atomic mass is 10.3. The molecule has 0 aromatic heterocycles. The Bertz CT molecular complexity index is 838. The maximum atomic E-state index is 12.4. The van der Waals surface area contributed by atoms with E-state index in [1.54, 1.807) is 24.3 Å². The first-order chi connectivity index (χ1) is 11.8. The number of hydrogen-bond acceptors (Lipinski definition) is 5. The summed E-state index contributed by atoms with van der Waals surface area (Å²) in [6.45, 7) is -0.308. The van der Waals surface area contributed by atoms with Crippen LogP contribution in [-0.4, -0.2) is 33.8 Å². The third kappa shape index (κ3) is 4.66. The number of hydrogen-bond donors (Lipinski definition) is 1. The molecule has 0 aliphatic heterocycles. The Morgan fingerprint density at radius 2 is 1.68 bits per heavy atom. The van der Waals surface area contributed by atoms with E-state index in [4.69, 9.17) is 9.47 Å². The maximum absolute atomic E-state index is 12.4. The molecule has 0 aliphatic rings. The minimum absolute atomic E-state index is 0.252. The number of carbonyl (C=O) groups is 1. The Labute approximate surface area is 143 Å². The van der Waals surface area contributed by atoms with Gasteiger partial charge in [-0.3, -0.25) is 4.79 Å². The van der Waals surface area contributed by atoms with Crippen molar-refractivity contribution in [1.29, 1.82) is 0 Å². The van der Waals surface area contributed by atoms with Gasteiger partial charge in [0.2, 0.25) is 9.84 Å². The number of anilines is 1. The number of sulfone groups is 1. The van der Waals surface area contributed by atoms with E-state index in [1.165, 1.54) is 19.2 Å². The van der Waals surface area contributed by atoms with Crippen molar-refractivity contribution in [2.75, 3.05) is 19.0 Å². The van der Waals surface area contributed by atoms with E-state index in [-0.39, 0.29) is 12.3 Å². The summed E-state index contributed by atoms with van der Waals surface area (Å²) in [5.74, 6) is -3.15. The number of carbonyl (C=O) groups excluding carboxylic acids is 1. The zero-order chi connectivity index (χ0) is 18.4. The van der Waals surface area contributed by atoms with Crippen LogP contribution in [0.15, 0.2) is 53.4 Å². The van der Waals surface area contributed by atoms with Crippen LogP contribution in [0.3, 0.4) is 0 Å². The predicted octanol–water partition coefficient (Wildman–Crippen LogP) is 2.71. The monoisotopic (exact) mass is 371 g/mol. The van der Waals surface area contributed by atoms with Crippen LogP contribution in [0.1, 0.15) is 0 Å². The molecular formula is C16H15F2NO5S. The van der Waals surface area contributed by atoms with Gasteiger partial charge in [0.05, 0.1) is 12.0 Å². The first kappa shape index (κ1) is 18.7. The van der Waals surface area contributed by atoms with Gasteiger partial charge in [0.25, 0.3) is 5.91 Å². The minimum atomic E-state index is -4.66. The lowest BCUT2D eigenvalue weighted by Gasteiger charge is -2.11. The van der Waals surface area contributed by atoms with Crippen molar-refractivity contribution in [1.82, 2.24) is 0 Å². The molecule has 2 aromatic carbocycles. The van der Waals surface area contributed by atoms with Crippen LogP contribution in [0.2, 0.25) is 0 Å². The van der Waals surface area contributed by atoms with Crippen LogP contribution >= 0.6 is 0 Å². The fourth-order valence-corrected chi connectivity index (χ4v) is 2.63. The average Bonchev–Trinajstić information content (AvgIpc) is 2.60. The van der Waals surface area contributed by atoms with Crippen molar-refractivity contribution in [2.45, 2.75) is 10.7 Å². The van der Waals surface area contributed by atoms with E-state index in [9.17, 15) is 22.0 Å². The number of methoxy groups -OCH3 is 1. The Kier molecular flexibility index (Phi) is 5.92. The van der Waals surface area contributed by atoms with Crippen LogP contribution in [-0.2, 0) is 14.6 Å². The molecule has 0 fully saturated rings. The van der Waals surface area contributed by atoms with Gasteiger partial charge in [0.15, 0.2) is 18.1 Å². The van der Waals surface area contributed by atoms with Gasteiger partial charge in [-0.15, -0.1) is 0 Å². The van der Waals surface area contributed by atoms with Crippen molar-refractivity contribution >= 4 is 21.4 Å². The average molecular weight is 371 g/mol. The van der Waals surface area contributed by atoms with Gasteiger partial charge >= 0.3 is 5.76 Å². The van der Waals surface area contributed by atoms with Gasteiger partial charge < -0.3 is 14.8 Å². The summed E-state index contributed by atoms with van der Waals surface area (Å²) in [5.41, 5.74) is 0.252. The normalized spacial score (nSPS) is 11.2. The Hall–Kier alpha value is -2.68. The van der Waals surface area contributed by atoms with Gasteiger partial charge in [-0.05, 0) is 36.4 Å². The number of para-hydroxylation sites is 2. The second-order valence-electron chi connectivity index (χ2n) is 4.82. The van der Waals surface area contributed by atoms with Gasteiger partial charge in [-0.2, -0.15) is 8.78 Å². The molecule has 0 heterocycles. The highest BCUT2D eigenvalue weighted by Crippen LogP contribution is 2.25. The number of halogens is 2. The summed E-state index contributed by atoms with van der Waals surface area (Å²) in [6.07, 6.45) is 0. The van der Waals surface area contributed by atoms with Crippen LogP contribution < -0.4 is 14.8 Å². The van der Waals surface area contributed by atoms with Crippen molar-refractivity contribution in [2.24, 2.45) is 0 Å². The molecule has 0 unspecified atom stereocenters. The van der Waals surface area contributed by atoms with Crippen LogP contribution in [0, 0.1) is 0 Å². The maximum Gasteiger partial charge on any atom is 0.341 e. The van der Waals surface area contributed by atoms with E-state index in [0.29, 0.717) is 11.5 Å². The first-order valence-corrected chi connectivity index (χ1v) is 8.57. The summed E-state index contributed by atoms with van der Waals surface area (Å²) in [5, 5.41) is 2.47. The lowest BCUT2D eigenvalue weighted by Crippen LogP contribution is -2.20. The van der Waals surface area contributed by atoms with Crippen LogP contribution in [0.4, 0.5) is 14.5 Å². The summed E-state index contributed by atoms with van der Waals surface area (Å²) in [6, 6.07) is 11.2. The number of alkyl halides is 2. The molecule has 0 spiro atoms. The Morgan fingerprint density at radius 3 is 2.24 bits per heavy atom. The molecular weight excluding hydrogens is 356 g/mol. The largest absolute Gasteiger partial charge is 0.493 e. The van der Waals surface area contributed by atoms with Gasteiger partial charge in [0, 0.05) is 5.69 Å². The number of amides is 1. The van der Waals surface area contributed by atoms with Crippen LogP contribution in [0.25, 0.3) is 0 Å². The zero-order valence-corrected chi connectivity index (χ0v) is 13.9. The van der Waals surface area contributed by atoms with E-state index in [2.05, 4.69) is 5.32 Å². The van der Waals surface area contributed by atoms with Crippen molar-refractivity contribution < 1.29 is 31.5 Å². The third-order valence-corrected chi connectivity index (χ3v) is 4.53. The smallest absolute Gasteiger partial charge is 0.341 e. The fraction of sp³-hybridized carbons (Fsp3) is 0.188. The van der Waals surface area contributed by atoms with Gasteiger partial charge in [0.1, 0.15) is 0 Å². The minimum Gasteiger partial charge on any atom is -0.493 e. The zero-order valence-electron chi connectivity index (χ0n) is 13.1.